The van der Waals surface area contributed by atoms with Gasteiger partial charge >= 0.3 is 0 Å². The second-order valence-corrected chi connectivity index (χ2v) is 4.51. The monoisotopic (exact) mass is 250 g/mol. The third-order valence-corrected chi connectivity index (χ3v) is 2.65. The summed E-state index contributed by atoms with van der Waals surface area (Å²) in [6.07, 6.45) is 2.19. The third-order valence-electron chi connectivity index (χ3n) is 2.65. The van der Waals surface area contributed by atoms with E-state index < -0.39 is 0 Å². The molecule has 1 amide bonds. The van der Waals surface area contributed by atoms with Crippen molar-refractivity contribution in [2.75, 3.05) is 12.4 Å². The molecule has 18 heavy (non-hydrogen) atoms. The number of amides is 1. The highest BCUT2D eigenvalue weighted by molar-refractivity contribution is 5.91. The van der Waals surface area contributed by atoms with Crippen LogP contribution >= 0.6 is 0 Å². The van der Waals surface area contributed by atoms with Crippen LogP contribution in [0.5, 0.6) is 0 Å². The van der Waals surface area contributed by atoms with E-state index in [2.05, 4.69) is 5.32 Å². The zero-order valence-electron chi connectivity index (χ0n) is 11.1. The molecule has 4 heteroatoms. The summed E-state index contributed by atoms with van der Waals surface area (Å²) in [7, 11) is 1.64. The van der Waals surface area contributed by atoms with Crippen LogP contribution in [0.2, 0.25) is 0 Å². The Labute approximate surface area is 109 Å². The standard InChI is InChI=1S/C14H22N2O2/c1-11(15)6-5-9-14(17)16-13-8-4-3-7-12(13)10-18-2/h3-4,7-8,11H,5-6,9-10,15H2,1-2H3,(H,16,17). The maximum Gasteiger partial charge on any atom is 0.224 e. The van der Waals surface area contributed by atoms with Crippen molar-refractivity contribution in [1.29, 1.82) is 0 Å². The number of nitrogens with one attached hydrogen (secondary N) is 1. The predicted molar refractivity (Wildman–Crippen MR) is 73.3 cm³/mol. The fourth-order valence-electron chi connectivity index (χ4n) is 1.72. The number of hydrogen-bond donors (Lipinski definition) is 2. The number of carbonyl (C=O) groups is 1. The van der Waals surface area contributed by atoms with Gasteiger partial charge in [-0.3, -0.25) is 4.79 Å². The van der Waals surface area contributed by atoms with Gasteiger partial charge in [0.05, 0.1) is 6.61 Å². The fraction of sp³-hybridized carbons (Fsp3) is 0.500. The summed E-state index contributed by atoms with van der Waals surface area (Å²) in [4.78, 5) is 11.8. The number of nitrogens with two attached hydrogens (primary N) is 1. The summed E-state index contributed by atoms with van der Waals surface area (Å²) in [6.45, 7) is 2.45. The molecule has 0 aliphatic rings. The van der Waals surface area contributed by atoms with Crippen LogP contribution in [0, 0.1) is 0 Å². The topological polar surface area (TPSA) is 64.3 Å². The normalized spacial score (nSPS) is 12.2. The summed E-state index contributed by atoms with van der Waals surface area (Å²) in [5.41, 5.74) is 7.46. The predicted octanol–water partition coefficient (Wildman–Crippen LogP) is 2.29. The van der Waals surface area contributed by atoms with Crippen molar-refractivity contribution >= 4 is 11.6 Å². The van der Waals surface area contributed by atoms with Crippen molar-refractivity contribution in [3.63, 3.8) is 0 Å². The average Bonchev–Trinajstić information content (AvgIpc) is 2.31. The number of benzene rings is 1. The molecule has 0 aliphatic heterocycles. The lowest BCUT2D eigenvalue weighted by molar-refractivity contribution is -0.116. The van der Waals surface area contributed by atoms with E-state index in [4.69, 9.17) is 10.5 Å². The van der Waals surface area contributed by atoms with Crippen molar-refractivity contribution in [1.82, 2.24) is 0 Å². The van der Waals surface area contributed by atoms with Crippen LogP contribution in [0.1, 0.15) is 31.7 Å². The SMILES string of the molecule is COCc1ccccc1NC(=O)CCCC(C)N. The van der Waals surface area contributed by atoms with Crippen LogP contribution < -0.4 is 11.1 Å². The zero-order valence-corrected chi connectivity index (χ0v) is 11.1. The summed E-state index contributed by atoms with van der Waals surface area (Å²) in [5, 5.41) is 2.91. The second-order valence-electron chi connectivity index (χ2n) is 4.51. The number of carbonyl (C=O) groups excluding carboxylic acids is 1. The van der Waals surface area contributed by atoms with Gasteiger partial charge in [-0.2, -0.15) is 0 Å². The van der Waals surface area contributed by atoms with Gasteiger partial charge in [-0.25, -0.2) is 0 Å². The number of methoxy groups -OCH3 is 1. The minimum atomic E-state index is 0.0270. The lowest BCUT2D eigenvalue weighted by Crippen LogP contribution is -2.17. The molecule has 100 valence electrons. The first-order chi connectivity index (χ1) is 8.63. The van der Waals surface area contributed by atoms with Gasteiger partial charge in [-0.05, 0) is 25.8 Å². The molecule has 0 heterocycles. The average molecular weight is 250 g/mol. The molecule has 0 aliphatic carbocycles. The number of para-hydroxylation sites is 1. The first-order valence-corrected chi connectivity index (χ1v) is 6.25. The first-order valence-electron chi connectivity index (χ1n) is 6.25. The fourth-order valence-corrected chi connectivity index (χ4v) is 1.72. The van der Waals surface area contributed by atoms with Crippen LogP contribution in [0.25, 0.3) is 0 Å². The van der Waals surface area contributed by atoms with E-state index in [0.29, 0.717) is 13.0 Å². The van der Waals surface area contributed by atoms with Gasteiger partial charge in [0.1, 0.15) is 0 Å². The molecule has 1 aromatic carbocycles. The smallest absolute Gasteiger partial charge is 0.224 e. The van der Waals surface area contributed by atoms with Crippen molar-refractivity contribution in [2.24, 2.45) is 5.73 Å². The minimum Gasteiger partial charge on any atom is -0.380 e. The van der Waals surface area contributed by atoms with E-state index in [-0.39, 0.29) is 11.9 Å². The molecular formula is C14H22N2O2. The molecule has 0 saturated carbocycles. The lowest BCUT2D eigenvalue weighted by Gasteiger charge is -2.10. The summed E-state index contributed by atoms with van der Waals surface area (Å²) < 4.78 is 5.09. The highest BCUT2D eigenvalue weighted by atomic mass is 16.5. The molecule has 0 radical (unpaired) electrons. The molecule has 1 unspecified atom stereocenters. The van der Waals surface area contributed by atoms with E-state index in [1.807, 2.05) is 31.2 Å². The number of hydrogen-bond acceptors (Lipinski definition) is 3. The molecule has 0 saturated heterocycles. The summed E-state index contributed by atoms with van der Waals surface area (Å²) in [6, 6.07) is 7.81. The quantitative estimate of drug-likeness (QED) is 0.780. The highest BCUT2D eigenvalue weighted by Crippen LogP contribution is 2.16. The van der Waals surface area contributed by atoms with Crippen molar-refractivity contribution in [3.8, 4) is 0 Å². The summed E-state index contributed by atoms with van der Waals surface area (Å²) in [5.74, 6) is 0.0270. The molecule has 0 aromatic heterocycles. The molecular weight excluding hydrogens is 228 g/mol. The van der Waals surface area contributed by atoms with Crippen molar-refractivity contribution in [2.45, 2.75) is 38.8 Å². The Hall–Kier alpha value is -1.39. The third kappa shape index (κ3) is 5.29. The summed E-state index contributed by atoms with van der Waals surface area (Å²) >= 11 is 0. The maximum atomic E-state index is 11.8. The van der Waals surface area contributed by atoms with Crippen molar-refractivity contribution in [3.05, 3.63) is 29.8 Å². The van der Waals surface area contributed by atoms with Gasteiger partial charge in [-0.1, -0.05) is 18.2 Å². The van der Waals surface area contributed by atoms with Gasteiger partial charge < -0.3 is 15.8 Å². The van der Waals surface area contributed by atoms with E-state index in [1.54, 1.807) is 7.11 Å². The van der Waals surface area contributed by atoms with E-state index in [9.17, 15) is 4.79 Å². The van der Waals surface area contributed by atoms with Gasteiger partial charge in [0.15, 0.2) is 0 Å². The van der Waals surface area contributed by atoms with Crippen LogP contribution in [0.4, 0.5) is 5.69 Å². The number of rotatable bonds is 7. The molecule has 1 aromatic rings. The Morgan fingerprint density at radius 1 is 1.44 bits per heavy atom. The molecule has 4 nitrogen and oxygen atoms in total. The van der Waals surface area contributed by atoms with Gasteiger partial charge in [-0.15, -0.1) is 0 Å². The molecule has 0 spiro atoms. The van der Waals surface area contributed by atoms with Crippen LogP contribution in [-0.4, -0.2) is 19.1 Å². The van der Waals surface area contributed by atoms with Crippen LogP contribution in [0.3, 0.4) is 0 Å². The number of anilines is 1. The lowest BCUT2D eigenvalue weighted by atomic mass is 10.1. The van der Waals surface area contributed by atoms with Gasteiger partial charge in [0, 0.05) is 30.8 Å². The Bertz CT molecular complexity index is 378. The molecule has 3 N–H and O–H groups in total. The van der Waals surface area contributed by atoms with Gasteiger partial charge in [0.25, 0.3) is 0 Å². The van der Waals surface area contributed by atoms with Crippen LogP contribution in [-0.2, 0) is 16.1 Å². The van der Waals surface area contributed by atoms with E-state index >= 15 is 0 Å². The van der Waals surface area contributed by atoms with E-state index in [1.165, 1.54) is 0 Å². The van der Waals surface area contributed by atoms with Crippen molar-refractivity contribution < 1.29 is 9.53 Å². The van der Waals surface area contributed by atoms with E-state index in [0.717, 1.165) is 24.1 Å². The zero-order chi connectivity index (χ0) is 13.4. The molecule has 0 bridgehead atoms. The van der Waals surface area contributed by atoms with Gasteiger partial charge in [0.2, 0.25) is 5.91 Å². The van der Waals surface area contributed by atoms with Crippen LogP contribution in [0.15, 0.2) is 24.3 Å². The Kier molecular flexibility index (Phi) is 6.39. The Balaban J connectivity index is 2.48. The minimum absolute atomic E-state index is 0.0270. The Morgan fingerprint density at radius 3 is 2.83 bits per heavy atom. The second kappa shape index (κ2) is 7.84. The largest absolute Gasteiger partial charge is 0.380 e. The maximum absolute atomic E-state index is 11.8. The first kappa shape index (κ1) is 14.7. The Morgan fingerprint density at radius 2 is 2.17 bits per heavy atom. The highest BCUT2D eigenvalue weighted by Gasteiger charge is 2.06. The molecule has 1 rings (SSSR count). The number of ether oxygens (including phenoxy) is 1. The molecule has 1 atom stereocenters. The molecule has 0 fully saturated rings.